The molecule has 5 aromatic heterocycles. The number of hydrogen-bond donors (Lipinski definition) is 2. The monoisotopic (exact) mass is 507 g/mol. The Morgan fingerprint density at radius 1 is 1.18 bits per heavy atom. The molecule has 0 saturated carbocycles. The number of aromatic nitrogens is 7. The largest absolute Gasteiger partial charge is 0.434 e. The fraction of sp³-hybridized carbons (Fsp3) is 0.0526. The Bertz CT molecular complexity index is 1530. The number of fused-ring (bicyclic) bond motifs is 1. The first kappa shape index (κ1) is 21.8. The number of amides is 1. The quantitative estimate of drug-likeness (QED) is 0.284. The van der Waals surface area contributed by atoms with E-state index in [-0.39, 0.29) is 22.2 Å². The number of nitrogens with zero attached hydrogens (tertiary/aromatic N) is 7. The standard InChI is InChI=1S/C19H10ClF3N8O2S/c20-13-5-10(6-24-17(13)31-25-2-3-26-31)28-18(32)12-7-27-30(16(12)19(21,22)23)14-8-29(33)9-15-11(14)1-4-34-15/h1-9H,(H-,28,32,33)/p+1. The molecule has 0 aliphatic rings. The summed E-state index contributed by atoms with van der Waals surface area (Å²) in [5.41, 5.74) is -2.02. The predicted octanol–water partition coefficient (Wildman–Crippen LogP) is 3.51. The third kappa shape index (κ3) is 3.82. The molecular formula is C19H11ClF3N8O2S+. The number of anilines is 1. The van der Waals surface area contributed by atoms with Crippen LogP contribution in [0.4, 0.5) is 18.9 Å². The maximum atomic E-state index is 14.1. The minimum Gasteiger partial charge on any atom is -0.320 e. The SMILES string of the molecule is O=C(Nc1cnc(-n2nccn2)c(Cl)c1)c1cnn(-c2c[n+](O)cc3sccc23)c1C(F)(F)F. The molecule has 34 heavy (non-hydrogen) atoms. The van der Waals surface area contributed by atoms with E-state index in [9.17, 15) is 23.2 Å². The summed E-state index contributed by atoms with van der Waals surface area (Å²) in [4.78, 5) is 18.0. The fourth-order valence-electron chi connectivity index (χ4n) is 3.29. The van der Waals surface area contributed by atoms with Gasteiger partial charge in [0.15, 0.2) is 11.5 Å². The lowest BCUT2D eigenvalue weighted by molar-refractivity contribution is -0.903. The Balaban J connectivity index is 1.53. The Hall–Kier alpha value is -4.04. The van der Waals surface area contributed by atoms with E-state index in [0.29, 0.717) is 19.5 Å². The predicted molar refractivity (Wildman–Crippen MR) is 113 cm³/mol. The molecule has 0 unspecified atom stereocenters. The molecule has 0 aromatic carbocycles. The zero-order chi connectivity index (χ0) is 24.0. The van der Waals surface area contributed by atoms with E-state index in [0.717, 1.165) is 17.2 Å². The van der Waals surface area contributed by atoms with Gasteiger partial charge in [-0.05, 0) is 17.5 Å². The zero-order valence-electron chi connectivity index (χ0n) is 16.6. The molecule has 0 aliphatic carbocycles. The van der Waals surface area contributed by atoms with E-state index < -0.39 is 23.3 Å². The van der Waals surface area contributed by atoms with Gasteiger partial charge in [-0.25, -0.2) is 9.67 Å². The first-order valence-electron chi connectivity index (χ1n) is 9.33. The highest BCUT2D eigenvalue weighted by molar-refractivity contribution is 7.17. The Labute approximate surface area is 196 Å². The molecule has 0 spiro atoms. The third-order valence-corrected chi connectivity index (χ3v) is 5.80. The van der Waals surface area contributed by atoms with Crippen molar-refractivity contribution in [3.05, 3.63) is 71.0 Å². The molecule has 0 atom stereocenters. The van der Waals surface area contributed by atoms with Crippen molar-refractivity contribution in [2.75, 3.05) is 5.32 Å². The van der Waals surface area contributed by atoms with E-state index in [4.69, 9.17) is 11.6 Å². The summed E-state index contributed by atoms with van der Waals surface area (Å²) in [7, 11) is 0. The van der Waals surface area contributed by atoms with Crippen LogP contribution >= 0.6 is 22.9 Å². The summed E-state index contributed by atoms with van der Waals surface area (Å²) in [5, 5.41) is 26.0. The molecule has 15 heteroatoms. The van der Waals surface area contributed by atoms with Gasteiger partial charge in [0.1, 0.15) is 10.4 Å². The van der Waals surface area contributed by atoms with E-state index in [1.54, 1.807) is 11.4 Å². The third-order valence-electron chi connectivity index (χ3n) is 4.67. The van der Waals surface area contributed by atoms with Crippen LogP contribution in [0, 0.1) is 0 Å². The van der Waals surface area contributed by atoms with Crippen LogP contribution in [0.5, 0.6) is 0 Å². The highest BCUT2D eigenvalue weighted by Crippen LogP contribution is 2.36. The normalized spacial score (nSPS) is 11.8. The van der Waals surface area contributed by atoms with Crippen molar-refractivity contribution in [2.24, 2.45) is 0 Å². The van der Waals surface area contributed by atoms with Crippen molar-refractivity contribution in [3.8, 4) is 11.5 Å². The zero-order valence-corrected chi connectivity index (χ0v) is 18.2. The minimum atomic E-state index is -4.94. The molecule has 0 radical (unpaired) electrons. The topological polar surface area (TPSA) is 115 Å². The van der Waals surface area contributed by atoms with Crippen molar-refractivity contribution < 1.29 is 27.9 Å². The van der Waals surface area contributed by atoms with Gasteiger partial charge in [0.2, 0.25) is 12.4 Å². The van der Waals surface area contributed by atoms with Gasteiger partial charge < -0.3 is 5.32 Å². The lowest BCUT2D eigenvalue weighted by Crippen LogP contribution is -2.30. The van der Waals surface area contributed by atoms with Crippen LogP contribution in [0.15, 0.2) is 54.7 Å². The number of rotatable bonds is 4. The Kier molecular flexibility index (Phi) is 5.17. The van der Waals surface area contributed by atoms with Gasteiger partial charge >= 0.3 is 6.18 Å². The van der Waals surface area contributed by atoms with Gasteiger partial charge in [0.25, 0.3) is 5.91 Å². The summed E-state index contributed by atoms with van der Waals surface area (Å²) in [6.45, 7) is 0. The molecule has 0 aliphatic heterocycles. The number of nitrogens with one attached hydrogen (secondary N) is 1. The summed E-state index contributed by atoms with van der Waals surface area (Å²) in [6.07, 6.45) is 2.34. The van der Waals surface area contributed by atoms with E-state index in [1.807, 2.05) is 0 Å². The van der Waals surface area contributed by atoms with Crippen LogP contribution < -0.4 is 10.0 Å². The van der Waals surface area contributed by atoms with Crippen LogP contribution in [0.25, 0.3) is 21.6 Å². The average molecular weight is 508 g/mol. The second kappa shape index (κ2) is 8.07. The lowest BCUT2D eigenvalue weighted by Gasteiger charge is -2.13. The number of alkyl halides is 3. The molecule has 0 fully saturated rings. The van der Waals surface area contributed by atoms with Crippen molar-refractivity contribution >= 4 is 44.6 Å². The highest BCUT2D eigenvalue weighted by atomic mass is 35.5. The molecule has 0 bridgehead atoms. The molecular weight excluding hydrogens is 497 g/mol. The van der Waals surface area contributed by atoms with Gasteiger partial charge in [-0.2, -0.15) is 28.5 Å². The number of carbonyl (C=O) groups is 1. The van der Waals surface area contributed by atoms with Crippen LogP contribution in [0.2, 0.25) is 5.02 Å². The smallest absolute Gasteiger partial charge is 0.320 e. The molecule has 172 valence electrons. The average Bonchev–Trinajstić information content (AvgIpc) is 3.52. The molecule has 10 nitrogen and oxygen atoms in total. The van der Waals surface area contributed by atoms with Crippen LogP contribution in [-0.4, -0.2) is 40.9 Å². The number of halogens is 4. The number of carbonyl (C=O) groups excluding carboxylic acids is 1. The molecule has 1 amide bonds. The van der Waals surface area contributed by atoms with E-state index >= 15 is 0 Å². The molecule has 5 heterocycles. The number of hydrogen-bond acceptors (Lipinski definition) is 7. The highest BCUT2D eigenvalue weighted by Gasteiger charge is 2.41. The van der Waals surface area contributed by atoms with Crippen molar-refractivity contribution in [3.63, 3.8) is 0 Å². The van der Waals surface area contributed by atoms with E-state index in [2.05, 4.69) is 25.6 Å². The maximum Gasteiger partial charge on any atom is 0.434 e. The van der Waals surface area contributed by atoms with E-state index in [1.165, 1.54) is 42.2 Å². The van der Waals surface area contributed by atoms with Gasteiger partial charge in [-0.1, -0.05) is 11.6 Å². The molecule has 5 aromatic rings. The fourth-order valence-corrected chi connectivity index (χ4v) is 4.35. The summed E-state index contributed by atoms with van der Waals surface area (Å²) in [5.74, 6) is -0.898. The second-order valence-corrected chi connectivity index (χ2v) is 8.20. The van der Waals surface area contributed by atoms with Crippen LogP contribution in [0.1, 0.15) is 16.1 Å². The first-order valence-corrected chi connectivity index (χ1v) is 10.6. The van der Waals surface area contributed by atoms with Gasteiger partial charge in [-0.3, -0.25) is 10.0 Å². The second-order valence-electron chi connectivity index (χ2n) is 6.84. The van der Waals surface area contributed by atoms with Crippen molar-refractivity contribution in [2.45, 2.75) is 6.18 Å². The molecule has 5 rings (SSSR count). The maximum absolute atomic E-state index is 14.1. The van der Waals surface area contributed by atoms with Crippen LogP contribution in [0.3, 0.4) is 0 Å². The Morgan fingerprint density at radius 3 is 2.65 bits per heavy atom. The van der Waals surface area contributed by atoms with Gasteiger partial charge in [0.05, 0.1) is 41.1 Å². The first-order chi connectivity index (χ1) is 16.2. The van der Waals surface area contributed by atoms with Crippen molar-refractivity contribution in [1.29, 1.82) is 0 Å². The summed E-state index contributed by atoms with van der Waals surface area (Å²) >= 11 is 7.39. The molecule has 2 N–H and O–H groups in total. The van der Waals surface area contributed by atoms with Crippen LogP contribution in [-0.2, 0) is 6.18 Å². The number of pyridine rings is 2. The summed E-state index contributed by atoms with van der Waals surface area (Å²) in [6, 6.07) is 2.91. The molecule has 0 saturated heterocycles. The Morgan fingerprint density at radius 2 is 1.94 bits per heavy atom. The van der Waals surface area contributed by atoms with Gasteiger partial charge in [0, 0.05) is 10.1 Å². The number of thiophene rings is 1. The minimum absolute atomic E-state index is 0.0478. The van der Waals surface area contributed by atoms with Gasteiger partial charge in [-0.15, -0.1) is 16.1 Å². The summed E-state index contributed by atoms with van der Waals surface area (Å²) < 4.78 is 44.0. The van der Waals surface area contributed by atoms with Crippen molar-refractivity contribution in [1.82, 2.24) is 29.8 Å². The lowest BCUT2D eigenvalue weighted by atomic mass is 10.2.